The van der Waals surface area contributed by atoms with Crippen LogP contribution in [0.1, 0.15) is 30.9 Å². The smallest absolute Gasteiger partial charge is 0.0599 e. The van der Waals surface area contributed by atoms with Gasteiger partial charge >= 0.3 is 0 Å². The number of rotatable bonds is 4. The molecule has 1 fully saturated rings. The van der Waals surface area contributed by atoms with E-state index in [-0.39, 0.29) is 0 Å². The third kappa shape index (κ3) is 1.97. The Balaban J connectivity index is 2.09. The number of hydrogen-bond donors (Lipinski definition) is 1. The second kappa shape index (κ2) is 4.58. The maximum atomic E-state index is 5.07. The first kappa shape index (κ1) is 9.69. The van der Waals surface area contributed by atoms with E-state index in [0.717, 1.165) is 5.92 Å². The third-order valence-corrected chi connectivity index (χ3v) is 3.02. The summed E-state index contributed by atoms with van der Waals surface area (Å²) in [6, 6.07) is 10.9. The Hall–Kier alpha value is -0.860. The summed E-state index contributed by atoms with van der Waals surface area (Å²) in [6.45, 7) is 0. The van der Waals surface area contributed by atoms with E-state index >= 15 is 0 Å². The Morgan fingerprint density at radius 3 is 2.50 bits per heavy atom. The molecule has 76 valence electrons. The summed E-state index contributed by atoms with van der Waals surface area (Å²) in [5.41, 5.74) is 4.43. The fourth-order valence-corrected chi connectivity index (χ4v) is 2.00. The Morgan fingerprint density at radius 1 is 1.29 bits per heavy atom. The Labute approximate surface area is 85.2 Å². The molecule has 1 N–H and O–H groups in total. The molecule has 1 aliphatic rings. The minimum Gasteiger partial charge on any atom is -0.305 e. The van der Waals surface area contributed by atoms with Crippen molar-refractivity contribution in [1.82, 2.24) is 5.48 Å². The Kier molecular flexibility index (Phi) is 3.17. The zero-order chi connectivity index (χ0) is 9.80. The van der Waals surface area contributed by atoms with Gasteiger partial charge in [0.15, 0.2) is 0 Å². The van der Waals surface area contributed by atoms with E-state index in [4.69, 9.17) is 4.84 Å². The Bertz CT molecular complexity index is 269. The summed E-state index contributed by atoms with van der Waals surface area (Å²) in [5, 5.41) is 0. The lowest BCUT2D eigenvalue weighted by Crippen LogP contribution is -2.31. The van der Waals surface area contributed by atoms with Crippen LogP contribution in [-0.2, 0) is 4.84 Å². The second-order valence-electron chi connectivity index (χ2n) is 3.90. The van der Waals surface area contributed by atoms with Crippen LogP contribution in [0.2, 0.25) is 0 Å². The number of nitrogens with one attached hydrogen (secondary N) is 1. The van der Waals surface area contributed by atoms with Gasteiger partial charge in [-0.05, 0) is 24.3 Å². The lowest BCUT2D eigenvalue weighted by Gasteiger charge is -2.33. The molecule has 1 aromatic carbocycles. The zero-order valence-electron chi connectivity index (χ0n) is 8.57. The molecule has 0 spiro atoms. The van der Waals surface area contributed by atoms with Gasteiger partial charge in [-0.1, -0.05) is 36.8 Å². The van der Waals surface area contributed by atoms with Crippen molar-refractivity contribution >= 4 is 0 Å². The predicted molar refractivity (Wildman–Crippen MR) is 56.7 cm³/mol. The van der Waals surface area contributed by atoms with Gasteiger partial charge in [-0.3, -0.25) is 0 Å². The van der Waals surface area contributed by atoms with Crippen LogP contribution in [0, 0.1) is 5.92 Å². The average molecular weight is 191 g/mol. The highest BCUT2D eigenvalue weighted by molar-refractivity contribution is 5.19. The van der Waals surface area contributed by atoms with Crippen LogP contribution < -0.4 is 5.48 Å². The molecule has 0 saturated heterocycles. The van der Waals surface area contributed by atoms with Gasteiger partial charge < -0.3 is 4.84 Å². The fraction of sp³-hybridized carbons (Fsp3) is 0.500. The highest BCUT2D eigenvalue weighted by Crippen LogP contribution is 2.37. The molecular weight excluding hydrogens is 174 g/mol. The molecule has 0 amide bonds. The van der Waals surface area contributed by atoms with Gasteiger partial charge in [0.25, 0.3) is 0 Å². The van der Waals surface area contributed by atoms with Crippen LogP contribution in [0.25, 0.3) is 0 Å². The van der Waals surface area contributed by atoms with Crippen molar-refractivity contribution < 1.29 is 4.84 Å². The summed E-state index contributed by atoms with van der Waals surface area (Å²) in [4.78, 5) is 5.07. The number of benzene rings is 1. The monoisotopic (exact) mass is 191 g/mol. The van der Waals surface area contributed by atoms with Crippen molar-refractivity contribution in [3.05, 3.63) is 35.9 Å². The minimum absolute atomic E-state index is 0.370. The lowest BCUT2D eigenvalue weighted by molar-refractivity contribution is 0.0244. The maximum Gasteiger partial charge on any atom is 0.0599 e. The molecule has 1 saturated carbocycles. The quantitative estimate of drug-likeness (QED) is 0.739. The minimum atomic E-state index is 0.370. The SMILES string of the molecule is CONC(c1ccccc1)C1CCC1. The zero-order valence-corrected chi connectivity index (χ0v) is 8.57. The summed E-state index contributed by atoms with van der Waals surface area (Å²) in [7, 11) is 1.69. The van der Waals surface area contributed by atoms with Gasteiger partial charge in [0.05, 0.1) is 13.2 Å². The van der Waals surface area contributed by atoms with E-state index in [2.05, 4.69) is 29.7 Å². The second-order valence-corrected chi connectivity index (χ2v) is 3.90. The van der Waals surface area contributed by atoms with Gasteiger partial charge in [0.1, 0.15) is 0 Å². The van der Waals surface area contributed by atoms with Crippen LogP contribution >= 0.6 is 0 Å². The van der Waals surface area contributed by atoms with Crippen molar-refractivity contribution in [1.29, 1.82) is 0 Å². The van der Waals surface area contributed by atoms with E-state index < -0.39 is 0 Å². The predicted octanol–water partition coefficient (Wildman–Crippen LogP) is 2.68. The van der Waals surface area contributed by atoms with Gasteiger partial charge in [-0.25, -0.2) is 0 Å². The van der Waals surface area contributed by atoms with E-state index in [1.165, 1.54) is 24.8 Å². The summed E-state index contributed by atoms with van der Waals surface area (Å²) >= 11 is 0. The topological polar surface area (TPSA) is 21.3 Å². The first-order chi connectivity index (χ1) is 6.92. The Morgan fingerprint density at radius 2 is 2.00 bits per heavy atom. The van der Waals surface area contributed by atoms with E-state index in [1.807, 2.05) is 6.07 Å². The van der Waals surface area contributed by atoms with Crippen molar-refractivity contribution in [2.75, 3.05) is 7.11 Å². The highest BCUT2D eigenvalue weighted by Gasteiger charge is 2.28. The van der Waals surface area contributed by atoms with Crippen molar-refractivity contribution in [2.45, 2.75) is 25.3 Å². The average Bonchev–Trinajstić information content (AvgIpc) is 2.16. The van der Waals surface area contributed by atoms with Crippen molar-refractivity contribution in [3.63, 3.8) is 0 Å². The van der Waals surface area contributed by atoms with E-state index in [9.17, 15) is 0 Å². The maximum absolute atomic E-state index is 5.07. The normalized spacial score (nSPS) is 18.9. The first-order valence-electron chi connectivity index (χ1n) is 5.25. The first-order valence-corrected chi connectivity index (χ1v) is 5.25. The molecule has 1 atom stereocenters. The lowest BCUT2D eigenvalue weighted by atomic mass is 9.77. The molecule has 0 radical (unpaired) electrons. The molecule has 0 heterocycles. The summed E-state index contributed by atoms with van der Waals surface area (Å²) in [5.74, 6) is 0.748. The standard InChI is InChI=1S/C12H17NO/c1-14-13-12(11-8-5-9-11)10-6-3-2-4-7-10/h2-4,6-7,11-13H,5,8-9H2,1H3. The molecule has 0 bridgehead atoms. The fourth-order valence-electron chi connectivity index (χ4n) is 2.00. The molecular formula is C12H17NO. The number of hydrogen-bond acceptors (Lipinski definition) is 2. The highest BCUT2D eigenvalue weighted by atomic mass is 16.6. The molecule has 2 heteroatoms. The van der Waals surface area contributed by atoms with Crippen LogP contribution in [-0.4, -0.2) is 7.11 Å². The van der Waals surface area contributed by atoms with Gasteiger partial charge in [0.2, 0.25) is 0 Å². The van der Waals surface area contributed by atoms with Gasteiger partial charge in [-0.15, -0.1) is 0 Å². The number of hydroxylamine groups is 1. The molecule has 1 unspecified atom stereocenters. The molecule has 1 aromatic rings. The molecule has 2 nitrogen and oxygen atoms in total. The molecule has 0 aromatic heterocycles. The summed E-state index contributed by atoms with van der Waals surface area (Å²) < 4.78 is 0. The van der Waals surface area contributed by atoms with Crippen LogP contribution in [0.5, 0.6) is 0 Å². The molecule has 14 heavy (non-hydrogen) atoms. The molecule has 2 rings (SSSR count). The molecule has 1 aliphatic carbocycles. The van der Waals surface area contributed by atoms with E-state index in [1.54, 1.807) is 7.11 Å². The molecule has 0 aliphatic heterocycles. The van der Waals surface area contributed by atoms with Crippen LogP contribution in [0.4, 0.5) is 0 Å². The van der Waals surface area contributed by atoms with Crippen molar-refractivity contribution in [3.8, 4) is 0 Å². The largest absolute Gasteiger partial charge is 0.305 e. The van der Waals surface area contributed by atoms with Crippen molar-refractivity contribution in [2.24, 2.45) is 5.92 Å². The van der Waals surface area contributed by atoms with Gasteiger partial charge in [-0.2, -0.15) is 5.48 Å². The summed E-state index contributed by atoms with van der Waals surface area (Å²) in [6.07, 6.45) is 3.99. The third-order valence-electron chi connectivity index (χ3n) is 3.02. The van der Waals surface area contributed by atoms with E-state index in [0.29, 0.717) is 6.04 Å². The van der Waals surface area contributed by atoms with Crippen LogP contribution in [0.3, 0.4) is 0 Å². The van der Waals surface area contributed by atoms with Gasteiger partial charge in [0, 0.05) is 0 Å². The van der Waals surface area contributed by atoms with Crippen LogP contribution in [0.15, 0.2) is 30.3 Å².